The van der Waals surface area contributed by atoms with Crippen molar-refractivity contribution in [3.63, 3.8) is 0 Å². The summed E-state index contributed by atoms with van der Waals surface area (Å²) in [7, 11) is 0. The minimum atomic E-state index is -1.04. The van der Waals surface area contributed by atoms with Crippen LogP contribution in [0.1, 0.15) is 22.6 Å². The van der Waals surface area contributed by atoms with Crippen LogP contribution in [0.2, 0.25) is 0 Å². The van der Waals surface area contributed by atoms with Gasteiger partial charge in [0.2, 0.25) is 0 Å². The van der Waals surface area contributed by atoms with Crippen LogP contribution in [-0.4, -0.2) is 21.9 Å². The van der Waals surface area contributed by atoms with Gasteiger partial charge in [-0.15, -0.1) is 11.3 Å². The van der Waals surface area contributed by atoms with Crippen molar-refractivity contribution in [2.75, 3.05) is 0 Å². The molecule has 4 nitrogen and oxygen atoms in total. The highest BCUT2D eigenvalue weighted by atomic mass is 32.1. The van der Waals surface area contributed by atoms with Gasteiger partial charge >= 0.3 is 5.97 Å². The van der Waals surface area contributed by atoms with Crippen LogP contribution in [0.5, 0.6) is 5.75 Å². The first-order valence-electron chi connectivity index (χ1n) is 8.60. The molecule has 1 atom stereocenters. The lowest BCUT2D eigenvalue weighted by molar-refractivity contribution is -0.129. The molecular formula is C22H15NO3S. The summed E-state index contributed by atoms with van der Waals surface area (Å²) in [6.07, 6.45) is 0. The van der Waals surface area contributed by atoms with Gasteiger partial charge in [-0.3, -0.25) is 0 Å². The second-order valence-electron chi connectivity index (χ2n) is 6.74. The zero-order valence-corrected chi connectivity index (χ0v) is 15.2. The number of fused-ring (bicyclic) bond motifs is 4. The van der Waals surface area contributed by atoms with Gasteiger partial charge < -0.3 is 10.2 Å². The number of carboxylic acid groups (broad SMARTS) is 1. The summed E-state index contributed by atoms with van der Waals surface area (Å²) in [5, 5.41) is 21.9. The quantitative estimate of drug-likeness (QED) is 0.496. The first-order chi connectivity index (χ1) is 13.0. The SMILES string of the molecule is Cc1c2c(cc3sc4ccccc4c13)C(c1cccc(O)c1)C(C(=O)O)=N2. The molecule has 0 radical (unpaired) electrons. The molecule has 1 aliphatic heterocycles. The van der Waals surface area contributed by atoms with Gasteiger partial charge in [-0.2, -0.15) is 0 Å². The molecule has 2 N–H and O–H groups in total. The molecule has 1 aromatic heterocycles. The van der Waals surface area contributed by atoms with Crippen LogP contribution in [0.25, 0.3) is 20.2 Å². The van der Waals surface area contributed by atoms with Gasteiger partial charge in [-0.05, 0) is 47.9 Å². The van der Waals surface area contributed by atoms with E-state index < -0.39 is 11.9 Å². The van der Waals surface area contributed by atoms with E-state index in [0.717, 1.165) is 32.5 Å². The second-order valence-corrected chi connectivity index (χ2v) is 7.82. The van der Waals surface area contributed by atoms with Crippen molar-refractivity contribution in [2.45, 2.75) is 12.8 Å². The maximum absolute atomic E-state index is 11.9. The zero-order valence-electron chi connectivity index (χ0n) is 14.4. The number of hydrogen-bond acceptors (Lipinski definition) is 4. The molecule has 0 bridgehead atoms. The van der Waals surface area contributed by atoms with Gasteiger partial charge in [-0.25, -0.2) is 9.79 Å². The third-order valence-electron chi connectivity index (χ3n) is 5.15. The number of aliphatic imine (C=N–C) groups is 1. The Morgan fingerprint density at radius 3 is 2.67 bits per heavy atom. The van der Waals surface area contributed by atoms with Gasteiger partial charge in [0.15, 0.2) is 0 Å². The molecular weight excluding hydrogens is 358 g/mol. The number of aliphatic carboxylic acids is 1. The fourth-order valence-electron chi connectivity index (χ4n) is 4.01. The smallest absolute Gasteiger partial charge is 0.351 e. The third-order valence-corrected chi connectivity index (χ3v) is 6.27. The summed E-state index contributed by atoms with van der Waals surface area (Å²) in [6, 6.07) is 17.1. The fourth-order valence-corrected chi connectivity index (χ4v) is 5.23. The van der Waals surface area contributed by atoms with Crippen LogP contribution in [0.3, 0.4) is 0 Å². The maximum Gasteiger partial charge on any atom is 0.351 e. The van der Waals surface area contributed by atoms with E-state index >= 15 is 0 Å². The molecule has 1 aliphatic rings. The Morgan fingerprint density at radius 2 is 1.89 bits per heavy atom. The Morgan fingerprint density at radius 1 is 1.07 bits per heavy atom. The summed E-state index contributed by atoms with van der Waals surface area (Å²) in [6.45, 7) is 2.01. The number of benzene rings is 3. The van der Waals surface area contributed by atoms with Crippen LogP contribution in [0.4, 0.5) is 5.69 Å². The molecule has 0 spiro atoms. The number of carbonyl (C=O) groups is 1. The van der Waals surface area contributed by atoms with E-state index in [4.69, 9.17) is 0 Å². The molecule has 0 saturated carbocycles. The van der Waals surface area contributed by atoms with E-state index in [1.54, 1.807) is 29.5 Å². The lowest BCUT2D eigenvalue weighted by atomic mass is 9.87. The summed E-state index contributed by atoms with van der Waals surface area (Å²) >= 11 is 1.70. The Bertz CT molecular complexity index is 1290. The van der Waals surface area contributed by atoms with Crippen LogP contribution in [0.15, 0.2) is 59.6 Å². The van der Waals surface area contributed by atoms with Crippen molar-refractivity contribution in [1.82, 2.24) is 0 Å². The van der Waals surface area contributed by atoms with Crippen molar-refractivity contribution in [3.8, 4) is 5.75 Å². The molecule has 5 rings (SSSR count). The Hall–Kier alpha value is -3.18. The number of nitrogens with zero attached hydrogens (tertiary/aromatic N) is 1. The number of phenols is 1. The second kappa shape index (κ2) is 5.66. The van der Waals surface area contributed by atoms with Crippen molar-refractivity contribution in [2.24, 2.45) is 4.99 Å². The van der Waals surface area contributed by atoms with Crippen molar-refractivity contribution in [3.05, 3.63) is 71.3 Å². The number of hydrogen-bond donors (Lipinski definition) is 2. The largest absolute Gasteiger partial charge is 0.508 e. The first kappa shape index (κ1) is 16.0. The highest BCUT2D eigenvalue weighted by Crippen LogP contribution is 2.48. The topological polar surface area (TPSA) is 69.9 Å². The van der Waals surface area contributed by atoms with Crippen molar-refractivity contribution >= 4 is 48.9 Å². The number of phenolic OH excluding ortho intramolecular Hbond substituents is 1. The third kappa shape index (κ3) is 2.28. The predicted molar refractivity (Wildman–Crippen MR) is 109 cm³/mol. The van der Waals surface area contributed by atoms with E-state index in [-0.39, 0.29) is 11.5 Å². The van der Waals surface area contributed by atoms with E-state index in [1.165, 1.54) is 10.1 Å². The number of rotatable bonds is 2. The van der Waals surface area contributed by atoms with E-state index in [1.807, 2.05) is 25.1 Å². The minimum absolute atomic E-state index is 0.0978. The molecule has 132 valence electrons. The highest BCUT2D eigenvalue weighted by Gasteiger charge is 2.35. The summed E-state index contributed by atoms with van der Waals surface area (Å²) < 4.78 is 2.33. The van der Waals surface area contributed by atoms with Gasteiger partial charge in [0.05, 0.1) is 11.6 Å². The average molecular weight is 373 g/mol. The van der Waals surface area contributed by atoms with E-state index in [2.05, 4.69) is 23.2 Å². The molecule has 5 heteroatoms. The molecule has 2 heterocycles. The van der Waals surface area contributed by atoms with E-state index in [9.17, 15) is 15.0 Å². The first-order valence-corrected chi connectivity index (χ1v) is 9.42. The van der Waals surface area contributed by atoms with Crippen LogP contribution in [-0.2, 0) is 4.79 Å². The minimum Gasteiger partial charge on any atom is -0.508 e. The van der Waals surface area contributed by atoms with Gasteiger partial charge in [0, 0.05) is 20.2 Å². The number of aryl methyl sites for hydroxylation is 1. The lowest BCUT2D eigenvalue weighted by Gasteiger charge is -2.14. The summed E-state index contributed by atoms with van der Waals surface area (Å²) in [5.74, 6) is -1.41. The number of carboxylic acids is 1. The average Bonchev–Trinajstić information content (AvgIpc) is 3.20. The molecule has 0 saturated heterocycles. The van der Waals surface area contributed by atoms with Crippen molar-refractivity contribution in [1.29, 1.82) is 0 Å². The Kier molecular flexibility index (Phi) is 3.36. The molecule has 0 fully saturated rings. The van der Waals surface area contributed by atoms with Gasteiger partial charge in [0.25, 0.3) is 0 Å². The standard InChI is InChI=1S/C22H15NO3S/c1-11-18-14-7-2-3-8-16(14)27-17(18)10-15-19(12-5-4-6-13(24)9-12)21(22(25)26)23-20(11)15/h2-10,19,24H,1H3,(H,25,26). The fraction of sp³-hybridized carbons (Fsp3) is 0.0909. The lowest BCUT2D eigenvalue weighted by Crippen LogP contribution is -2.19. The Balaban J connectivity index is 1.84. The molecule has 4 aromatic rings. The summed E-state index contributed by atoms with van der Waals surface area (Å²) in [4.78, 5) is 16.4. The zero-order chi connectivity index (χ0) is 18.7. The molecule has 0 amide bonds. The Labute approximate surface area is 159 Å². The number of aromatic hydroxyl groups is 1. The van der Waals surface area contributed by atoms with Crippen LogP contribution >= 0.6 is 11.3 Å². The molecule has 27 heavy (non-hydrogen) atoms. The molecule has 1 unspecified atom stereocenters. The maximum atomic E-state index is 11.9. The predicted octanol–water partition coefficient (Wildman–Crippen LogP) is 5.37. The van der Waals surface area contributed by atoms with Gasteiger partial charge in [0.1, 0.15) is 11.5 Å². The van der Waals surface area contributed by atoms with Crippen LogP contribution < -0.4 is 0 Å². The van der Waals surface area contributed by atoms with E-state index in [0.29, 0.717) is 0 Å². The monoisotopic (exact) mass is 373 g/mol. The molecule has 0 aliphatic carbocycles. The van der Waals surface area contributed by atoms with Gasteiger partial charge in [-0.1, -0.05) is 30.3 Å². The highest BCUT2D eigenvalue weighted by molar-refractivity contribution is 7.25. The number of thiophene rings is 1. The molecule has 3 aromatic carbocycles. The summed E-state index contributed by atoms with van der Waals surface area (Å²) in [5.41, 5.74) is 3.45. The van der Waals surface area contributed by atoms with Crippen LogP contribution in [0, 0.1) is 6.92 Å². The normalized spacial score (nSPS) is 15.9. The van der Waals surface area contributed by atoms with Crippen molar-refractivity contribution < 1.29 is 15.0 Å².